The number of amidine groups is 1. The molecule has 1 aromatic rings. The minimum absolute atomic E-state index is 0.0599. The van der Waals surface area contributed by atoms with E-state index in [9.17, 15) is 4.79 Å². The zero-order valence-electron chi connectivity index (χ0n) is 10.4. The predicted molar refractivity (Wildman–Crippen MR) is 72.2 cm³/mol. The van der Waals surface area contributed by atoms with Crippen molar-refractivity contribution in [3.63, 3.8) is 0 Å². The maximum atomic E-state index is 12.4. The first-order chi connectivity index (χ1) is 9.17. The van der Waals surface area contributed by atoms with Crippen molar-refractivity contribution in [1.82, 2.24) is 15.2 Å². The predicted octanol–water partition coefficient (Wildman–Crippen LogP) is -0.128. The summed E-state index contributed by atoms with van der Waals surface area (Å²) in [6.07, 6.45) is 1.95. The van der Waals surface area contributed by atoms with Crippen molar-refractivity contribution < 1.29 is 9.21 Å². The van der Waals surface area contributed by atoms with Crippen LogP contribution in [0.2, 0.25) is 0 Å². The lowest BCUT2D eigenvalue weighted by molar-refractivity contribution is -0.132. The van der Waals surface area contributed by atoms with Gasteiger partial charge in [-0.2, -0.15) is 0 Å². The summed E-state index contributed by atoms with van der Waals surface area (Å²) in [6, 6.07) is -0.569. The average Bonchev–Trinajstić information content (AvgIpc) is 2.79. The third-order valence-electron chi connectivity index (χ3n) is 2.95. The summed E-state index contributed by atoms with van der Waals surface area (Å²) in [6.45, 7) is 0.611. The number of nitrogens with one attached hydrogen (secondary N) is 2. The van der Waals surface area contributed by atoms with Crippen molar-refractivity contribution >= 4 is 29.9 Å². The van der Waals surface area contributed by atoms with E-state index in [-0.39, 0.29) is 18.3 Å². The van der Waals surface area contributed by atoms with Gasteiger partial charge in [-0.1, -0.05) is 0 Å². The number of hydrogen-bond donors (Lipinski definition) is 2. The Morgan fingerprint density at radius 3 is 3.32 bits per heavy atom. The number of fused-ring (bicyclic) bond motifs is 1. The number of carbonyl (C=O) groups excluding carboxylic acids is 1. The van der Waals surface area contributed by atoms with Crippen LogP contribution in [0.1, 0.15) is 17.5 Å². The Balaban J connectivity index is 2.19. The molecule has 1 aliphatic heterocycles. The van der Waals surface area contributed by atoms with E-state index < -0.39 is 6.04 Å². The van der Waals surface area contributed by atoms with E-state index in [0.29, 0.717) is 18.7 Å². The molecule has 1 aliphatic rings. The summed E-state index contributed by atoms with van der Waals surface area (Å²) >= 11 is 4.57. The lowest BCUT2D eigenvalue weighted by atomic mass is 10.1. The molecule has 0 saturated carbocycles. The Morgan fingerprint density at radius 1 is 1.84 bits per heavy atom. The molecule has 0 fully saturated rings. The first kappa shape index (κ1) is 13.6. The van der Waals surface area contributed by atoms with Crippen molar-refractivity contribution in [1.29, 1.82) is 5.41 Å². The van der Waals surface area contributed by atoms with Crippen LogP contribution in [0.15, 0.2) is 15.8 Å². The molecule has 1 atom stereocenters. The second-order valence-electron chi connectivity index (χ2n) is 4.08. The molecular weight excluding hydrogens is 266 g/mol. The van der Waals surface area contributed by atoms with Gasteiger partial charge in [-0.15, -0.1) is 5.55 Å². The number of nitrogens with zero attached hydrogens (tertiary/aromatic N) is 3. The number of rotatable bonds is 3. The van der Waals surface area contributed by atoms with Gasteiger partial charge in [0.05, 0.1) is 12.2 Å². The number of hydrogen-bond acceptors (Lipinski definition) is 6. The summed E-state index contributed by atoms with van der Waals surface area (Å²) in [5, 5.41) is 10.5. The molecule has 0 aromatic carbocycles. The molecular formula is C11H14N5O2S-. The van der Waals surface area contributed by atoms with Gasteiger partial charge in [0.2, 0.25) is 5.91 Å². The smallest absolute Gasteiger partial charge is 0.248 e. The molecule has 7 nitrogen and oxygen atoms in total. The monoisotopic (exact) mass is 280 g/mol. The quantitative estimate of drug-likeness (QED) is 0.457. The highest BCUT2D eigenvalue weighted by Crippen LogP contribution is 2.23. The molecule has 0 saturated heterocycles. The van der Waals surface area contributed by atoms with Gasteiger partial charge >= 0.3 is 0 Å². The fourth-order valence-corrected chi connectivity index (χ4v) is 2.17. The van der Waals surface area contributed by atoms with Crippen LogP contribution in [-0.4, -0.2) is 47.3 Å². The molecule has 0 bridgehead atoms. The maximum absolute atomic E-state index is 12.4. The standard InChI is InChI=1S/C11H15N5O2S/c1-13-9-10-7(14-5-18-10)2-3-16(11(9)17)4-8(12)15-6-19/h5-6,9,13H,2-4H2,1H3,(H2,12,15,19)/p-1. The van der Waals surface area contributed by atoms with Crippen molar-refractivity contribution in [2.75, 3.05) is 20.1 Å². The molecule has 2 N–H and O–H groups in total. The largest absolute Gasteiger partial charge is 0.768 e. The Hall–Kier alpha value is -1.80. The summed E-state index contributed by atoms with van der Waals surface area (Å²) in [5.41, 5.74) is 1.90. The van der Waals surface area contributed by atoms with E-state index in [1.165, 1.54) is 6.39 Å². The molecule has 0 radical (unpaired) electrons. The van der Waals surface area contributed by atoms with Crippen LogP contribution < -0.4 is 5.32 Å². The summed E-state index contributed by atoms with van der Waals surface area (Å²) < 4.78 is 5.29. The molecule has 8 heteroatoms. The minimum Gasteiger partial charge on any atom is -0.768 e. The first-order valence-electron chi connectivity index (χ1n) is 5.77. The number of carbonyl (C=O) groups is 1. The molecule has 19 heavy (non-hydrogen) atoms. The summed E-state index contributed by atoms with van der Waals surface area (Å²) in [4.78, 5) is 21.7. The summed E-state index contributed by atoms with van der Waals surface area (Å²) in [7, 11) is 1.69. The van der Waals surface area contributed by atoms with Crippen molar-refractivity contribution in [3.8, 4) is 0 Å². The van der Waals surface area contributed by atoms with Crippen LogP contribution in [0.4, 0.5) is 0 Å². The third-order valence-corrected chi connectivity index (χ3v) is 3.06. The Labute approximate surface area is 116 Å². The van der Waals surface area contributed by atoms with Gasteiger partial charge in [-0.05, 0) is 7.05 Å². The molecule has 0 spiro atoms. The van der Waals surface area contributed by atoms with E-state index in [4.69, 9.17) is 9.83 Å². The zero-order valence-corrected chi connectivity index (χ0v) is 11.2. The Morgan fingerprint density at radius 2 is 2.63 bits per heavy atom. The van der Waals surface area contributed by atoms with E-state index in [1.807, 2.05) is 0 Å². The van der Waals surface area contributed by atoms with Gasteiger partial charge in [-0.3, -0.25) is 15.2 Å². The molecule has 1 aromatic heterocycles. The van der Waals surface area contributed by atoms with Crippen LogP contribution in [0, 0.1) is 5.41 Å². The molecule has 2 heterocycles. The van der Waals surface area contributed by atoms with Crippen LogP contribution in [-0.2, 0) is 23.8 Å². The molecule has 1 amide bonds. The van der Waals surface area contributed by atoms with E-state index in [1.54, 1.807) is 11.9 Å². The van der Waals surface area contributed by atoms with Gasteiger partial charge in [0.25, 0.3) is 0 Å². The van der Waals surface area contributed by atoms with Gasteiger partial charge in [0.15, 0.2) is 12.2 Å². The molecule has 0 aliphatic carbocycles. The lowest BCUT2D eigenvalue weighted by Crippen LogP contribution is -2.41. The van der Waals surface area contributed by atoms with Crippen molar-refractivity contribution in [3.05, 3.63) is 17.8 Å². The highest BCUT2D eigenvalue weighted by molar-refractivity contribution is 7.74. The third kappa shape index (κ3) is 2.79. The highest BCUT2D eigenvalue weighted by Gasteiger charge is 2.33. The second kappa shape index (κ2) is 5.89. The number of likely N-dealkylation sites (N-methyl/N-ethyl adjacent to an activating group) is 1. The zero-order chi connectivity index (χ0) is 13.8. The Kier molecular flexibility index (Phi) is 4.23. The van der Waals surface area contributed by atoms with Gasteiger partial charge in [-0.25, -0.2) is 4.98 Å². The van der Waals surface area contributed by atoms with Gasteiger partial charge in [0, 0.05) is 13.0 Å². The van der Waals surface area contributed by atoms with Gasteiger partial charge < -0.3 is 27.3 Å². The van der Waals surface area contributed by atoms with Crippen LogP contribution in [0.3, 0.4) is 0 Å². The van der Waals surface area contributed by atoms with Crippen LogP contribution in [0.5, 0.6) is 0 Å². The number of oxazole rings is 1. The van der Waals surface area contributed by atoms with Crippen molar-refractivity contribution in [2.45, 2.75) is 12.5 Å². The minimum atomic E-state index is -0.569. The van der Waals surface area contributed by atoms with E-state index in [2.05, 4.69) is 27.9 Å². The molecule has 2 rings (SSSR count). The topological polar surface area (TPSA) is 94.6 Å². The second-order valence-corrected chi connectivity index (χ2v) is 4.29. The lowest BCUT2D eigenvalue weighted by Gasteiger charge is -2.23. The first-order valence-corrected chi connectivity index (χ1v) is 6.24. The van der Waals surface area contributed by atoms with E-state index >= 15 is 0 Å². The van der Waals surface area contributed by atoms with Crippen LogP contribution >= 0.6 is 0 Å². The molecule has 102 valence electrons. The number of aliphatic imine (C=N–C) groups is 1. The fourth-order valence-electron chi connectivity index (χ4n) is 2.04. The molecule has 1 unspecified atom stereocenters. The summed E-state index contributed by atoms with van der Waals surface area (Å²) in [5.74, 6) is 0.459. The Bertz CT molecular complexity index is 513. The number of aromatic nitrogens is 1. The number of amides is 1. The average molecular weight is 280 g/mol. The normalized spacial score (nSPS) is 19.5. The van der Waals surface area contributed by atoms with Crippen molar-refractivity contribution in [2.24, 2.45) is 4.99 Å². The SMILES string of the molecule is CNC1C(=O)N(CC(=N)N=C[S-])CCc2ncoc21. The fraction of sp³-hybridized carbons (Fsp3) is 0.455. The maximum Gasteiger partial charge on any atom is 0.248 e. The highest BCUT2D eigenvalue weighted by atomic mass is 32.1. The van der Waals surface area contributed by atoms with Gasteiger partial charge in [0.1, 0.15) is 11.9 Å². The van der Waals surface area contributed by atoms with Crippen LogP contribution in [0.25, 0.3) is 0 Å². The van der Waals surface area contributed by atoms with E-state index in [0.717, 1.165) is 11.2 Å².